The van der Waals surface area contributed by atoms with Gasteiger partial charge < -0.3 is 9.84 Å². The Morgan fingerprint density at radius 2 is 2.31 bits per heavy atom. The molecule has 90 valence electrons. The van der Waals surface area contributed by atoms with Crippen LogP contribution in [0.15, 0.2) is 16.9 Å². The summed E-state index contributed by atoms with van der Waals surface area (Å²) < 4.78 is 4.80. The van der Waals surface area contributed by atoms with Gasteiger partial charge in [-0.15, -0.1) is 0 Å². The third-order valence-electron chi connectivity index (χ3n) is 3.70. The molecule has 1 heterocycles. The van der Waals surface area contributed by atoms with Gasteiger partial charge in [-0.2, -0.15) is 0 Å². The molecule has 2 rings (SSSR count). The van der Waals surface area contributed by atoms with E-state index in [0.717, 1.165) is 30.6 Å². The molecule has 0 spiro atoms. The minimum atomic E-state index is 0.837. The second-order valence-electron chi connectivity index (χ2n) is 4.93. The smallest absolute Gasteiger partial charge is 0.124 e. The van der Waals surface area contributed by atoms with Crippen molar-refractivity contribution in [3.63, 3.8) is 0 Å². The predicted octanol–water partition coefficient (Wildman–Crippen LogP) is 2.98. The Labute approximate surface area is 97.6 Å². The molecule has 16 heavy (non-hydrogen) atoms. The molecule has 2 atom stereocenters. The maximum atomic E-state index is 4.80. The minimum absolute atomic E-state index is 0.837. The van der Waals surface area contributed by atoms with Crippen LogP contribution < -0.4 is 5.32 Å². The van der Waals surface area contributed by atoms with Gasteiger partial charge in [0.05, 0.1) is 5.69 Å². The van der Waals surface area contributed by atoms with Gasteiger partial charge in [0.15, 0.2) is 0 Å². The maximum absolute atomic E-state index is 4.80. The molecule has 0 aromatic carbocycles. The van der Waals surface area contributed by atoms with Crippen LogP contribution >= 0.6 is 0 Å². The van der Waals surface area contributed by atoms with E-state index in [-0.39, 0.29) is 0 Å². The fourth-order valence-corrected chi connectivity index (χ4v) is 2.69. The molecule has 1 saturated carbocycles. The van der Waals surface area contributed by atoms with Crippen molar-refractivity contribution in [3.05, 3.63) is 18.0 Å². The summed E-state index contributed by atoms with van der Waals surface area (Å²) in [6, 6.07) is 1.92. The largest absolute Gasteiger partial charge is 0.364 e. The number of aromatic nitrogens is 1. The summed E-state index contributed by atoms with van der Waals surface area (Å²) in [5.41, 5.74) is 1.00. The topological polar surface area (TPSA) is 38.1 Å². The van der Waals surface area contributed by atoms with Gasteiger partial charge in [-0.3, -0.25) is 0 Å². The maximum Gasteiger partial charge on any atom is 0.124 e. The first kappa shape index (κ1) is 11.6. The normalized spacial score (nSPS) is 25.8. The molecule has 1 aromatic heterocycles. The lowest BCUT2D eigenvalue weighted by Gasteiger charge is -2.28. The molecule has 1 aliphatic carbocycles. The average molecular weight is 222 g/mol. The average Bonchev–Trinajstić information content (AvgIpc) is 2.82. The van der Waals surface area contributed by atoms with Crippen LogP contribution in [0.4, 0.5) is 0 Å². The van der Waals surface area contributed by atoms with Gasteiger partial charge in [0.2, 0.25) is 0 Å². The van der Waals surface area contributed by atoms with Crippen molar-refractivity contribution >= 4 is 0 Å². The summed E-state index contributed by atoms with van der Waals surface area (Å²) >= 11 is 0. The van der Waals surface area contributed by atoms with E-state index in [4.69, 9.17) is 4.52 Å². The monoisotopic (exact) mass is 222 g/mol. The SMILES string of the molecule is CCC1CCCC(CNCc2ccon2)C1. The van der Waals surface area contributed by atoms with Crippen molar-refractivity contribution in [1.82, 2.24) is 10.5 Å². The first-order valence-electron chi connectivity index (χ1n) is 6.48. The van der Waals surface area contributed by atoms with Crippen molar-refractivity contribution in [3.8, 4) is 0 Å². The predicted molar refractivity (Wildman–Crippen MR) is 63.9 cm³/mol. The van der Waals surface area contributed by atoms with Crippen LogP contribution in [0.1, 0.15) is 44.7 Å². The Morgan fingerprint density at radius 1 is 1.44 bits per heavy atom. The third-order valence-corrected chi connectivity index (χ3v) is 3.70. The lowest BCUT2D eigenvalue weighted by Crippen LogP contribution is -2.27. The van der Waals surface area contributed by atoms with E-state index >= 15 is 0 Å². The second kappa shape index (κ2) is 6.04. The fraction of sp³-hybridized carbons (Fsp3) is 0.769. The van der Waals surface area contributed by atoms with E-state index in [1.165, 1.54) is 32.1 Å². The number of hydrogen-bond acceptors (Lipinski definition) is 3. The Morgan fingerprint density at radius 3 is 3.06 bits per heavy atom. The first-order valence-corrected chi connectivity index (χ1v) is 6.48. The van der Waals surface area contributed by atoms with Crippen molar-refractivity contribution in [1.29, 1.82) is 0 Å². The van der Waals surface area contributed by atoms with E-state index in [1.807, 2.05) is 6.07 Å². The van der Waals surface area contributed by atoms with E-state index < -0.39 is 0 Å². The molecule has 3 nitrogen and oxygen atoms in total. The van der Waals surface area contributed by atoms with Crippen molar-refractivity contribution in [2.45, 2.75) is 45.6 Å². The fourth-order valence-electron chi connectivity index (χ4n) is 2.69. The Balaban J connectivity index is 1.65. The van der Waals surface area contributed by atoms with Crippen LogP contribution in [0.2, 0.25) is 0 Å². The Bertz CT molecular complexity index is 284. The van der Waals surface area contributed by atoms with Crippen LogP contribution in [-0.2, 0) is 6.54 Å². The van der Waals surface area contributed by atoms with Crippen LogP contribution in [0, 0.1) is 11.8 Å². The van der Waals surface area contributed by atoms with Gasteiger partial charge >= 0.3 is 0 Å². The highest BCUT2D eigenvalue weighted by Gasteiger charge is 2.20. The summed E-state index contributed by atoms with van der Waals surface area (Å²) in [5, 5.41) is 7.37. The van der Waals surface area contributed by atoms with Crippen LogP contribution in [0.25, 0.3) is 0 Å². The molecule has 1 N–H and O–H groups in total. The number of hydrogen-bond donors (Lipinski definition) is 1. The number of rotatable bonds is 5. The highest BCUT2D eigenvalue weighted by atomic mass is 16.5. The van der Waals surface area contributed by atoms with E-state index in [9.17, 15) is 0 Å². The van der Waals surface area contributed by atoms with Gasteiger partial charge in [0.25, 0.3) is 0 Å². The van der Waals surface area contributed by atoms with Crippen molar-refractivity contribution in [2.24, 2.45) is 11.8 Å². The lowest BCUT2D eigenvalue weighted by molar-refractivity contribution is 0.253. The first-order chi connectivity index (χ1) is 7.88. The minimum Gasteiger partial charge on any atom is -0.364 e. The molecular weight excluding hydrogens is 200 g/mol. The lowest BCUT2D eigenvalue weighted by atomic mass is 9.80. The van der Waals surface area contributed by atoms with E-state index in [0.29, 0.717) is 0 Å². The molecule has 0 amide bonds. The zero-order valence-electron chi connectivity index (χ0n) is 10.1. The highest BCUT2D eigenvalue weighted by Crippen LogP contribution is 2.30. The van der Waals surface area contributed by atoms with Gasteiger partial charge in [-0.25, -0.2) is 0 Å². The molecule has 1 aliphatic rings. The Kier molecular flexibility index (Phi) is 4.40. The van der Waals surface area contributed by atoms with Gasteiger partial charge in [0.1, 0.15) is 6.26 Å². The van der Waals surface area contributed by atoms with Crippen LogP contribution in [-0.4, -0.2) is 11.7 Å². The molecule has 0 saturated heterocycles. The molecular formula is C13H22N2O. The summed E-state index contributed by atoms with van der Waals surface area (Å²) in [5.74, 6) is 1.83. The van der Waals surface area contributed by atoms with Gasteiger partial charge in [-0.05, 0) is 31.2 Å². The van der Waals surface area contributed by atoms with E-state index in [2.05, 4.69) is 17.4 Å². The molecule has 0 bridgehead atoms. The molecule has 0 aliphatic heterocycles. The summed E-state index contributed by atoms with van der Waals surface area (Å²) in [6.45, 7) is 4.28. The molecule has 1 fully saturated rings. The van der Waals surface area contributed by atoms with Gasteiger partial charge in [-0.1, -0.05) is 31.3 Å². The molecule has 2 unspecified atom stereocenters. The summed E-state index contributed by atoms with van der Waals surface area (Å²) in [7, 11) is 0. The zero-order chi connectivity index (χ0) is 11.2. The molecule has 3 heteroatoms. The molecule has 0 radical (unpaired) electrons. The van der Waals surface area contributed by atoms with Gasteiger partial charge in [0, 0.05) is 12.6 Å². The second-order valence-corrected chi connectivity index (χ2v) is 4.93. The summed E-state index contributed by atoms with van der Waals surface area (Å²) in [6.07, 6.45) is 8.63. The standard InChI is InChI=1S/C13H22N2O/c1-2-11-4-3-5-12(8-11)9-14-10-13-6-7-16-15-13/h6-7,11-12,14H,2-5,8-10H2,1H3. The highest BCUT2D eigenvalue weighted by molar-refractivity contribution is 4.94. The summed E-state index contributed by atoms with van der Waals surface area (Å²) in [4.78, 5) is 0. The quantitative estimate of drug-likeness (QED) is 0.832. The number of nitrogens with one attached hydrogen (secondary N) is 1. The number of nitrogens with zero attached hydrogens (tertiary/aromatic N) is 1. The van der Waals surface area contributed by atoms with Crippen LogP contribution in [0.5, 0.6) is 0 Å². The zero-order valence-corrected chi connectivity index (χ0v) is 10.1. The van der Waals surface area contributed by atoms with Crippen molar-refractivity contribution < 1.29 is 4.52 Å². The van der Waals surface area contributed by atoms with Crippen LogP contribution in [0.3, 0.4) is 0 Å². The third kappa shape index (κ3) is 3.34. The van der Waals surface area contributed by atoms with Crippen molar-refractivity contribution in [2.75, 3.05) is 6.54 Å². The Hall–Kier alpha value is -0.830. The van der Waals surface area contributed by atoms with E-state index in [1.54, 1.807) is 6.26 Å². The molecule has 1 aromatic rings.